The van der Waals surface area contributed by atoms with Gasteiger partial charge in [-0.3, -0.25) is 9.52 Å². The molecular weight excluding hydrogens is 438 g/mol. The molecule has 2 aromatic rings. The number of likely N-dealkylation sites (N-methyl/N-ethyl adjacent to an activating group) is 2. The fourth-order valence-electron chi connectivity index (χ4n) is 3.90. The molecule has 8 nitrogen and oxygen atoms in total. The smallest absolute Gasteiger partial charge is 0.262 e. The van der Waals surface area contributed by atoms with Crippen molar-refractivity contribution in [1.82, 2.24) is 15.1 Å². The van der Waals surface area contributed by atoms with Gasteiger partial charge in [0, 0.05) is 51.4 Å². The van der Waals surface area contributed by atoms with Gasteiger partial charge in [0.15, 0.2) is 0 Å². The van der Waals surface area contributed by atoms with E-state index in [0.717, 1.165) is 38.4 Å². The van der Waals surface area contributed by atoms with E-state index >= 15 is 0 Å². The summed E-state index contributed by atoms with van der Waals surface area (Å²) in [6.07, 6.45) is 0. The molecule has 3 rings (SSSR count). The van der Waals surface area contributed by atoms with E-state index in [-0.39, 0.29) is 10.8 Å². The van der Waals surface area contributed by atoms with Crippen molar-refractivity contribution in [3.05, 3.63) is 53.6 Å². The fourth-order valence-corrected chi connectivity index (χ4v) is 5.21. The molecule has 2 N–H and O–H groups in total. The monoisotopic (exact) mass is 473 g/mol. The van der Waals surface area contributed by atoms with Gasteiger partial charge in [-0.2, -0.15) is 0 Å². The maximum atomic E-state index is 13.3. The van der Waals surface area contributed by atoms with Crippen LogP contribution < -0.4 is 14.9 Å². The van der Waals surface area contributed by atoms with Crippen molar-refractivity contribution < 1.29 is 13.2 Å². The Morgan fingerprint density at radius 3 is 2.42 bits per heavy atom. The van der Waals surface area contributed by atoms with Crippen LogP contribution in [0.25, 0.3) is 0 Å². The van der Waals surface area contributed by atoms with Gasteiger partial charge < -0.3 is 20.0 Å². The van der Waals surface area contributed by atoms with Crippen LogP contribution in [0.5, 0.6) is 0 Å². The average molecular weight is 474 g/mol. The summed E-state index contributed by atoms with van der Waals surface area (Å²) in [5, 5.41) is 3.32. The lowest BCUT2D eigenvalue weighted by atomic mass is 10.1. The number of amides is 1. The number of nitrogens with zero attached hydrogens (tertiary/aromatic N) is 3. The zero-order chi connectivity index (χ0) is 24.0. The first kappa shape index (κ1) is 25.0. The molecule has 0 unspecified atom stereocenters. The van der Waals surface area contributed by atoms with Gasteiger partial charge in [0.25, 0.3) is 15.9 Å². The number of benzene rings is 2. The first-order valence-corrected chi connectivity index (χ1v) is 12.8. The Labute approximate surface area is 197 Å². The van der Waals surface area contributed by atoms with Crippen molar-refractivity contribution in [1.29, 1.82) is 0 Å². The number of carbonyl (C=O) groups excluding carboxylic acids is 1. The molecular formula is C24H35N5O3S. The van der Waals surface area contributed by atoms with Crippen LogP contribution >= 0.6 is 0 Å². The SMILES string of the molecule is CCN(CCN(C)C)C(=O)c1ccc(N2CCNCC2)c(NS(=O)(=O)c2ccccc2C)c1. The predicted molar refractivity (Wildman–Crippen MR) is 134 cm³/mol. The third-order valence-electron chi connectivity index (χ3n) is 5.81. The van der Waals surface area contributed by atoms with Crippen molar-refractivity contribution in [2.45, 2.75) is 18.7 Å². The Balaban J connectivity index is 1.98. The van der Waals surface area contributed by atoms with E-state index in [2.05, 4.69) is 14.9 Å². The molecule has 0 bridgehead atoms. The highest BCUT2D eigenvalue weighted by molar-refractivity contribution is 7.92. The minimum atomic E-state index is -3.82. The normalized spacial score (nSPS) is 14.4. The number of anilines is 2. The molecule has 1 amide bonds. The number of sulfonamides is 1. The third-order valence-corrected chi connectivity index (χ3v) is 7.34. The number of aryl methyl sites for hydroxylation is 1. The largest absolute Gasteiger partial charge is 0.367 e. The van der Waals surface area contributed by atoms with Crippen LogP contribution in [0.1, 0.15) is 22.8 Å². The van der Waals surface area contributed by atoms with Crippen molar-refractivity contribution in [3.8, 4) is 0 Å². The number of carbonyl (C=O) groups is 1. The molecule has 0 spiro atoms. The molecule has 1 aliphatic rings. The van der Waals surface area contributed by atoms with E-state index in [4.69, 9.17) is 0 Å². The lowest BCUT2D eigenvalue weighted by Crippen LogP contribution is -2.44. The molecule has 0 saturated carbocycles. The summed E-state index contributed by atoms with van der Waals surface area (Å²) in [4.78, 5) is 19.4. The summed E-state index contributed by atoms with van der Waals surface area (Å²) in [7, 11) is 0.124. The van der Waals surface area contributed by atoms with Gasteiger partial charge in [0.1, 0.15) is 0 Å². The molecule has 2 aromatic carbocycles. The number of hydrogen-bond donors (Lipinski definition) is 2. The Kier molecular flexibility index (Phi) is 8.34. The predicted octanol–water partition coefficient (Wildman–Crippen LogP) is 2.23. The van der Waals surface area contributed by atoms with E-state index in [0.29, 0.717) is 29.9 Å². The Morgan fingerprint density at radius 1 is 1.09 bits per heavy atom. The van der Waals surface area contributed by atoms with Crippen LogP contribution in [-0.2, 0) is 10.0 Å². The van der Waals surface area contributed by atoms with Gasteiger partial charge in [0.05, 0.1) is 16.3 Å². The minimum absolute atomic E-state index is 0.109. The summed E-state index contributed by atoms with van der Waals surface area (Å²) < 4.78 is 29.3. The highest BCUT2D eigenvalue weighted by Gasteiger charge is 2.23. The summed E-state index contributed by atoms with van der Waals surface area (Å²) in [5.74, 6) is -0.109. The molecule has 1 heterocycles. The summed E-state index contributed by atoms with van der Waals surface area (Å²) in [6, 6.07) is 12.2. The van der Waals surface area contributed by atoms with Crippen LogP contribution in [0.2, 0.25) is 0 Å². The first-order valence-electron chi connectivity index (χ1n) is 11.3. The summed E-state index contributed by atoms with van der Waals surface area (Å²) >= 11 is 0. The minimum Gasteiger partial charge on any atom is -0.367 e. The number of rotatable bonds is 9. The van der Waals surface area contributed by atoms with Crippen LogP contribution in [0.15, 0.2) is 47.4 Å². The molecule has 0 aliphatic carbocycles. The van der Waals surface area contributed by atoms with Gasteiger partial charge in [-0.25, -0.2) is 8.42 Å². The Bertz CT molecular complexity index is 1070. The molecule has 0 radical (unpaired) electrons. The quantitative estimate of drug-likeness (QED) is 0.581. The second-order valence-corrected chi connectivity index (χ2v) is 10.2. The number of hydrogen-bond acceptors (Lipinski definition) is 6. The molecule has 1 fully saturated rings. The molecule has 1 aliphatic heterocycles. The van der Waals surface area contributed by atoms with E-state index in [9.17, 15) is 13.2 Å². The highest BCUT2D eigenvalue weighted by atomic mass is 32.2. The Hall–Kier alpha value is -2.62. The van der Waals surface area contributed by atoms with Crippen molar-refractivity contribution in [3.63, 3.8) is 0 Å². The van der Waals surface area contributed by atoms with E-state index in [1.54, 1.807) is 42.2 Å². The Morgan fingerprint density at radius 2 is 1.79 bits per heavy atom. The number of nitrogens with one attached hydrogen (secondary N) is 2. The van der Waals surface area contributed by atoms with Crippen molar-refractivity contribution in [2.75, 3.05) is 69.5 Å². The lowest BCUT2D eigenvalue weighted by molar-refractivity contribution is 0.0754. The second-order valence-electron chi connectivity index (χ2n) is 8.53. The van der Waals surface area contributed by atoms with Crippen LogP contribution in [0, 0.1) is 6.92 Å². The van der Waals surface area contributed by atoms with Crippen molar-refractivity contribution in [2.24, 2.45) is 0 Å². The van der Waals surface area contributed by atoms with E-state index in [1.807, 2.05) is 38.1 Å². The van der Waals surface area contributed by atoms with E-state index < -0.39 is 10.0 Å². The fraction of sp³-hybridized carbons (Fsp3) is 0.458. The molecule has 1 saturated heterocycles. The third kappa shape index (κ3) is 6.25. The summed E-state index contributed by atoms with van der Waals surface area (Å²) in [5.41, 5.74) is 2.34. The molecule has 0 aromatic heterocycles. The van der Waals surface area contributed by atoms with Crippen LogP contribution in [0.4, 0.5) is 11.4 Å². The molecule has 0 atom stereocenters. The topological polar surface area (TPSA) is 85.0 Å². The zero-order valence-electron chi connectivity index (χ0n) is 20.0. The lowest BCUT2D eigenvalue weighted by Gasteiger charge is -2.31. The standard InChI is InChI=1S/C24H35N5O3S/c1-5-28(17-16-27(3)4)24(30)20-10-11-22(29-14-12-25-13-15-29)21(18-20)26-33(31,32)23-9-7-6-8-19(23)2/h6-11,18,25-26H,5,12-17H2,1-4H3. The average Bonchev–Trinajstić information content (AvgIpc) is 2.79. The number of piperazine rings is 1. The maximum Gasteiger partial charge on any atom is 0.262 e. The first-order chi connectivity index (χ1) is 15.7. The van der Waals surface area contributed by atoms with Gasteiger partial charge in [-0.15, -0.1) is 0 Å². The highest BCUT2D eigenvalue weighted by Crippen LogP contribution is 2.31. The summed E-state index contributed by atoms with van der Waals surface area (Å²) in [6.45, 7) is 8.82. The van der Waals surface area contributed by atoms with Gasteiger partial charge >= 0.3 is 0 Å². The molecule has 33 heavy (non-hydrogen) atoms. The van der Waals surface area contributed by atoms with Crippen LogP contribution in [-0.4, -0.2) is 84.0 Å². The van der Waals surface area contributed by atoms with Crippen LogP contribution in [0.3, 0.4) is 0 Å². The van der Waals surface area contributed by atoms with Gasteiger partial charge in [-0.1, -0.05) is 18.2 Å². The second kappa shape index (κ2) is 11.0. The van der Waals surface area contributed by atoms with Crippen molar-refractivity contribution >= 4 is 27.3 Å². The van der Waals surface area contributed by atoms with E-state index in [1.165, 1.54) is 0 Å². The van der Waals surface area contributed by atoms with Gasteiger partial charge in [0.2, 0.25) is 0 Å². The molecule has 9 heteroatoms. The van der Waals surface area contributed by atoms with Gasteiger partial charge in [-0.05, 0) is 57.8 Å². The maximum absolute atomic E-state index is 13.3. The zero-order valence-corrected chi connectivity index (χ0v) is 20.8. The molecule has 180 valence electrons.